The van der Waals surface area contributed by atoms with Gasteiger partial charge in [0.15, 0.2) is 5.76 Å². The van der Waals surface area contributed by atoms with Crippen molar-refractivity contribution in [3.8, 4) is 17.5 Å². The highest BCUT2D eigenvalue weighted by Crippen LogP contribution is 2.21. The third kappa shape index (κ3) is 3.85. The monoisotopic (exact) mass is 384 g/mol. The number of hydrogen-bond donors (Lipinski definition) is 0. The van der Waals surface area contributed by atoms with Crippen molar-refractivity contribution >= 4 is 23.2 Å². The number of hydrogen-bond acceptors (Lipinski definition) is 5. The fourth-order valence-corrected chi connectivity index (χ4v) is 3.42. The van der Waals surface area contributed by atoms with Gasteiger partial charge >= 0.3 is 0 Å². The number of benzene rings is 2. The van der Waals surface area contributed by atoms with Gasteiger partial charge in [-0.2, -0.15) is 10.4 Å². The fraction of sp³-hybridized carbons (Fsp3) is 0.0455. The first-order valence-electron chi connectivity index (χ1n) is 8.63. The first-order valence-corrected chi connectivity index (χ1v) is 9.51. The van der Waals surface area contributed by atoms with E-state index in [4.69, 9.17) is 14.7 Å². The van der Waals surface area contributed by atoms with Gasteiger partial charge in [-0.1, -0.05) is 29.8 Å². The second-order valence-corrected chi connectivity index (χ2v) is 6.95. The Kier molecular flexibility index (Phi) is 5.00. The van der Waals surface area contributed by atoms with Crippen LogP contribution >= 0.6 is 11.3 Å². The van der Waals surface area contributed by atoms with Crippen molar-refractivity contribution in [3.63, 3.8) is 0 Å². The minimum Gasteiger partial charge on any atom is -0.463 e. The van der Waals surface area contributed by atoms with Crippen molar-refractivity contribution in [3.05, 3.63) is 93.8 Å². The molecular formula is C22H16N4OS. The highest BCUT2D eigenvalue weighted by atomic mass is 32.1. The molecule has 2 aromatic carbocycles. The van der Waals surface area contributed by atoms with Crippen LogP contribution in [0.3, 0.4) is 0 Å². The van der Waals surface area contributed by atoms with E-state index in [2.05, 4.69) is 11.2 Å². The van der Waals surface area contributed by atoms with E-state index in [9.17, 15) is 0 Å². The second-order valence-electron chi connectivity index (χ2n) is 6.12. The lowest BCUT2D eigenvalue weighted by Crippen LogP contribution is -2.11. The van der Waals surface area contributed by atoms with Crippen molar-refractivity contribution in [1.82, 2.24) is 4.68 Å². The predicted octanol–water partition coefficient (Wildman–Crippen LogP) is 5.10. The average molecular weight is 384 g/mol. The van der Waals surface area contributed by atoms with E-state index in [-0.39, 0.29) is 0 Å². The zero-order valence-corrected chi connectivity index (χ0v) is 15.9. The quantitative estimate of drug-likeness (QED) is 0.459. The van der Waals surface area contributed by atoms with Crippen LogP contribution in [0, 0.1) is 18.3 Å². The molecule has 0 radical (unpaired) electrons. The van der Waals surface area contributed by atoms with E-state index in [1.54, 1.807) is 29.3 Å². The summed E-state index contributed by atoms with van der Waals surface area (Å²) in [5.74, 6) is 0.721. The Morgan fingerprint density at radius 3 is 2.54 bits per heavy atom. The average Bonchev–Trinajstić information content (AvgIpc) is 3.38. The molecule has 0 N–H and O–H groups in total. The molecule has 0 bridgehead atoms. The summed E-state index contributed by atoms with van der Waals surface area (Å²) in [5, 5.41) is 15.5. The third-order valence-corrected chi connectivity index (χ3v) is 4.90. The molecule has 0 saturated carbocycles. The van der Waals surface area contributed by atoms with Gasteiger partial charge in [0.1, 0.15) is 5.69 Å². The first-order chi connectivity index (χ1) is 13.7. The van der Waals surface area contributed by atoms with Crippen LogP contribution in [0.2, 0.25) is 0 Å². The van der Waals surface area contributed by atoms with Crippen molar-refractivity contribution in [2.45, 2.75) is 6.92 Å². The maximum Gasteiger partial charge on any atom is 0.211 e. The summed E-state index contributed by atoms with van der Waals surface area (Å²) in [4.78, 5) is 5.47. The molecule has 0 unspecified atom stereocenters. The van der Waals surface area contributed by atoms with Crippen molar-refractivity contribution in [1.29, 1.82) is 5.26 Å². The number of nitrogens with zero attached hydrogens (tertiary/aromatic N) is 4. The lowest BCUT2D eigenvalue weighted by molar-refractivity contribution is 0.575. The van der Waals surface area contributed by atoms with Crippen LogP contribution in [-0.2, 0) is 0 Å². The zero-order chi connectivity index (χ0) is 19.3. The zero-order valence-electron chi connectivity index (χ0n) is 15.1. The number of aromatic nitrogens is 1. The van der Waals surface area contributed by atoms with E-state index in [0.717, 1.165) is 27.5 Å². The van der Waals surface area contributed by atoms with Gasteiger partial charge in [-0.15, -0.1) is 11.3 Å². The van der Waals surface area contributed by atoms with Crippen LogP contribution < -0.4 is 4.80 Å². The third-order valence-electron chi connectivity index (χ3n) is 4.08. The number of thiazole rings is 1. The van der Waals surface area contributed by atoms with E-state index >= 15 is 0 Å². The molecule has 28 heavy (non-hydrogen) atoms. The number of aryl methyl sites for hydroxylation is 1. The van der Waals surface area contributed by atoms with Crippen LogP contribution in [-0.4, -0.2) is 10.9 Å². The largest absolute Gasteiger partial charge is 0.463 e. The summed E-state index contributed by atoms with van der Waals surface area (Å²) in [5.41, 5.74) is 4.38. The molecule has 4 aromatic rings. The molecule has 0 aliphatic heterocycles. The highest BCUT2D eigenvalue weighted by molar-refractivity contribution is 7.07. The summed E-state index contributed by atoms with van der Waals surface area (Å²) in [7, 11) is 0. The Morgan fingerprint density at radius 1 is 1.07 bits per heavy atom. The van der Waals surface area contributed by atoms with Gasteiger partial charge in [0.05, 0.1) is 29.8 Å². The first kappa shape index (κ1) is 17.7. The van der Waals surface area contributed by atoms with Crippen LogP contribution in [0.25, 0.3) is 11.5 Å². The summed E-state index contributed by atoms with van der Waals surface area (Å²) in [6.45, 7) is 2.05. The Balaban J connectivity index is 1.78. The fourth-order valence-electron chi connectivity index (χ4n) is 2.58. The Bertz CT molecular complexity index is 1210. The van der Waals surface area contributed by atoms with E-state index in [1.807, 2.05) is 60.8 Å². The Morgan fingerprint density at radius 2 is 1.86 bits per heavy atom. The smallest absolute Gasteiger partial charge is 0.211 e. The van der Waals surface area contributed by atoms with Gasteiger partial charge in [-0.05, 0) is 48.9 Å². The maximum atomic E-state index is 8.94. The Labute approximate surface area is 166 Å². The molecule has 4 rings (SSSR count). The van der Waals surface area contributed by atoms with Gasteiger partial charge in [0.2, 0.25) is 4.80 Å². The van der Waals surface area contributed by atoms with Crippen LogP contribution in [0.5, 0.6) is 0 Å². The number of furan rings is 1. The minimum atomic E-state index is 0.617. The molecule has 0 saturated heterocycles. The standard InChI is InChI=1S/C22H16N4OS/c1-16-4-10-19(11-5-16)25-22-26(20(15-28-22)21-3-2-12-27-21)24-14-18-8-6-17(13-23)7-9-18/h2-12,14-15H,1H3. The van der Waals surface area contributed by atoms with Crippen molar-refractivity contribution in [2.75, 3.05) is 0 Å². The minimum absolute atomic E-state index is 0.617. The van der Waals surface area contributed by atoms with E-state index < -0.39 is 0 Å². The van der Waals surface area contributed by atoms with Gasteiger partial charge in [0.25, 0.3) is 0 Å². The molecule has 136 valence electrons. The van der Waals surface area contributed by atoms with Gasteiger partial charge < -0.3 is 4.42 Å². The molecule has 0 spiro atoms. The van der Waals surface area contributed by atoms with Gasteiger partial charge in [0, 0.05) is 5.38 Å². The Hall–Kier alpha value is -3.69. The van der Waals surface area contributed by atoms with Crippen LogP contribution in [0.15, 0.2) is 86.8 Å². The van der Waals surface area contributed by atoms with Gasteiger partial charge in [-0.25, -0.2) is 9.67 Å². The maximum absolute atomic E-state index is 8.94. The normalized spacial score (nSPS) is 11.8. The van der Waals surface area contributed by atoms with Gasteiger partial charge in [-0.3, -0.25) is 0 Å². The van der Waals surface area contributed by atoms with Crippen LogP contribution in [0.4, 0.5) is 5.69 Å². The second kappa shape index (κ2) is 7.91. The number of rotatable bonds is 4. The molecule has 2 aromatic heterocycles. The molecule has 0 atom stereocenters. The predicted molar refractivity (Wildman–Crippen MR) is 111 cm³/mol. The molecular weight excluding hydrogens is 368 g/mol. The molecule has 0 aliphatic carbocycles. The van der Waals surface area contributed by atoms with Crippen molar-refractivity contribution < 1.29 is 4.42 Å². The molecule has 6 heteroatoms. The van der Waals surface area contributed by atoms with Crippen LogP contribution in [0.1, 0.15) is 16.7 Å². The summed E-state index contributed by atoms with van der Waals surface area (Å²) < 4.78 is 7.32. The van der Waals surface area contributed by atoms with Crippen molar-refractivity contribution in [2.24, 2.45) is 10.1 Å². The summed E-state index contributed by atoms with van der Waals surface area (Å²) >= 11 is 1.49. The lowest BCUT2D eigenvalue weighted by Gasteiger charge is -2.01. The molecule has 2 heterocycles. The van der Waals surface area contributed by atoms with E-state index in [1.165, 1.54) is 16.9 Å². The van der Waals surface area contributed by atoms with E-state index in [0.29, 0.717) is 5.56 Å². The molecule has 0 amide bonds. The highest BCUT2D eigenvalue weighted by Gasteiger charge is 2.10. The number of nitriles is 1. The topological polar surface area (TPSA) is 66.6 Å². The summed E-state index contributed by atoms with van der Waals surface area (Å²) in [6.07, 6.45) is 3.38. The molecule has 0 aliphatic rings. The lowest BCUT2D eigenvalue weighted by atomic mass is 10.2. The molecule has 0 fully saturated rings. The summed E-state index contributed by atoms with van der Waals surface area (Å²) in [6, 6.07) is 21.1. The molecule has 5 nitrogen and oxygen atoms in total. The SMILES string of the molecule is Cc1ccc(N=c2scc(-c3ccco3)n2N=Cc2ccc(C#N)cc2)cc1.